The molecule has 5 heteroatoms. The van der Waals surface area contributed by atoms with Crippen LogP contribution in [0, 0.1) is 0 Å². The molecule has 1 rings (SSSR count). The van der Waals surface area contributed by atoms with Crippen molar-refractivity contribution in [2.24, 2.45) is 0 Å². The van der Waals surface area contributed by atoms with E-state index in [0.29, 0.717) is 10.0 Å². The number of carboxylic acids is 1. The van der Waals surface area contributed by atoms with Gasteiger partial charge in [0.15, 0.2) is 5.13 Å². The van der Waals surface area contributed by atoms with E-state index in [1.807, 2.05) is 0 Å². The van der Waals surface area contributed by atoms with Crippen LogP contribution < -0.4 is 5.73 Å². The smallest absolute Gasteiger partial charge is 0.311 e. The minimum absolute atomic E-state index is 0.410. The third-order valence-electron chi connectivity index (χ3n) is 1.34. The molecular weight excluding hydrogens is 164 g/mol. The Bertz CT molecular complexity index is 271. The van der Waals surface area contributed by atoms with Crippen LogP contribution in [0.3, 0.4) is 0 Å². The largest absolute Gasteiger partial charge is 0.481 e. The van der Waals surface area contributed by atoms with Crippen molar-refractivity contribution in [3.63, 3.8) is 0 Å². The second kappa shape index (κ2) is 2.87. The van der Waals surface area contributed by atoms with E-state index in [2.05, 4.69) is 4.98 Å². The zero-order valence-electron chi connectivity index (χ0n) is 5.94. The standard InChI is InChI=1S/C6H8N2O2S/c1-3(5(9)10)4-2-8-6(7)11-4/h2-3H,1H3,(H2,7,8)(H,9,10)/t3-/m1/s1. The van der Waals surface area contributed by atoms with E-state index in [4.69, 9.17) is 10.8 Å². The van der Waals surface area contributed by atoms with Crippen molar-refractivity contribution in [2.75, 3.05) is 5.73 Å². The van der Waals surface area contributed by atoms with Gasteiger partial charge in [-0.25, -0.2) is 4.98 Å². The molecule has 0 fully saturated rings. The minimum Gasteiger partial charge on any atom is -0.481 e. The summed E-state index contributed by atoms with van der Waals surface area (Å²) >= 11 is 1.21. The number of carbonyl (C=O) groups is 1. The first-order valence-electron chi connectivity index (χ1n) is 3.05. The van der Waals surface area contributed by atoms with Crippen LogP contribution in [0.25, 0.3) is 0 Å². The molecule has 11 heavy (non-hydrogen) atoms. The third-order valence-corrected chi connectivity index (χ3v) is 2.35. The van der Waals surface area contributed by atoms with Crippen LogP contribution in [-0.4, -0.2) is 16.1 Å². The molecule has 0 aliphatic carbocycles. The quantitative estimate of drug-likeness (QED) is 0.695. The average Bonchev–Trinajstić information content (AvgIpc) is 2.34. The van der Waals surface area contributed by atoms with Crippen LogP contribution in [-0.2, 0) is 4.79 Å². The Morgan fingerprint density at radius 1 is 1.91 bits per heavy atom. The number of aromatic nitrogens is 1. The van der Waals surface area contributed by atoms with Gasteiger partial charge in [0.2, 0.25) is 0 Å². The van der Waals surface area contributed by atoms with E-state index in [1.165, 1.54) is 17.5 Å². The maximum absolute atomic E-state index is 10.4. The lowest BCUT2D eigenvalue weighted by molar-refractivity contribution is -0.138. The molecule has 3 N–H and O–H groups in total. The fourth-order valence-corrected chi connectivity index (χ4v) is 1.35. The molecule has 0 aliphatic rings. The first-order chi connectivity index (χ1) is 5.11. The van der Waals surface area contributed by atoms with Crippen LogP contribution in [0.15, 0.2) is 6.20 Å². The van der Waals surface area contributed by atoms with Gasteiger partial charge in [0, 0.05) is 11.1 Å². The van der Waals surface area contributed by atoms with E-state index in [1.54, 1.807) is 6.92 Å². The van der Waals surface area contributed by atoms with Crippen molar-refractivity contribution >= 4 is 22.4 Å². The Morgan fingerprint density at radius 3 is 2.91 bits per heavy atom. The number of thiazole rings is 1. The number of hydrogen-bond acceptors (Lipinski definition) is 4. The Kier molecular flexibility index (Phi) is 2.09. The van der Waals surface area contributed by atoms with Crippen LogP contribution in [0.4, 0.5) is 5.13 Å². The SMILES string of the molecule is C[C@@H](C(=O)O)c1cnc(N)s1. The Balaban J connectivity index is 2.84. The van der Waals surface area contributed by atoms with Crippen molar-refractivity contribution < 1.29 is 9.90 Å². The number of nitrogens with two attached hydrogens (primary N) is 1. The van der Waals surface area contributed by atoms with Crippen molar-refractivity contribution in [3.05, 3.63) is 11.1 Å². The summed E-state index contributed by atoms with van der Waals surface area (Å²) in [5.41, 5.74) is 5.33. The molecule has 1 aromatic heterocycles. The first-order valence-corrected chi connectivity index (χ1v) is 3.87. The van der Waals surface area contributed by atoms with Gasteiger partial charge in [-0.15, -0.1) is 11.3 Å². The van der Waals surface area contributed by atoms with Gasteiger partial charge in [0.1, 0.15) is 0 Å². The predicted octanol–water partition coefficient (Wildman–Crippen LogP) is 0.913. The van der Waals surface area contributed by atoms with Gasteiger partial charge in [-0.2, -0.15) is 0 Å². The van der Waals surface area contributed by atoms with Gasteiger partial charge in [-0.05, 0) is 6.92 Å². The second-order valence-corrected chi connectivity index (χ2v) is 3.25. The van der Waals surface area contributed by atoms with Crippen LogP contribution in [0.1, 0.15) is 17.7 Å². The van der Waals surface area contributed by atoms with Gasteiger partial charge >= 0.3 is 5.97 Å². The summed E-state index contributed by atoms with van der Waals surface area (Å²) < 4.78 is 0. The summed E-state index contributed by atoms with van der Waals surface area (Å²) in [4.78, 5) is 14.9. The van der Waals surface area contributed by atoms with E-state index < -0.39 is 11.9 Å². The molecule has 0 spiro atoms. The van der Waals surface area contributed by atoms with Gasteiger partial charge in [-0.3, -0.25) is 4.79 Å². The number of rotatable bonds is 2. The fourth-order valence-electron chi connectivity index (χ4n) is 0.623. The molecule has 1 heterocycles. The molecule has 1 atom stereocenters. The Morgan fingerprint density at radius 2 is 2.55 bits per heavy atom. The lowest BCUT2D eigenvalue weighted by Crippen LogP contribution is -2.05. The fraction of sp³-hybridized carbons (Fsp3) is 0.333. The average molecular weight is 172 g/mol. The zero-order valence-corrected chi connectivity index (χ0v) is 6.76. The Labute approximate surface area is 67.7 Å². The highest BCUT2D eigenvalue weighted by Crippen LogP contribution is 2.23. The topological polar surface area (TPSA) is 76.2 Å². The number of anilines is 1. The van der Waals surface area contributed by atoms with Gasteiger partial charge < -0.3 is 10.8 Å². The molecule has 0 aromatic carbocycles. The molecule has 0 unspecified atom stereocenters. The van der Waals surface area contributed by atoms with Crippen molar-refractivity contribution in [3.8, 4) is 0 Å². The minimum atomic E-state index is -0.853. The number of aliphatic carboxylic acids is 1. The molecule has 1 aromatic rings. The molecule has 4 nitrogen and oxygen atoms in total. The normalized spacial score (nSPS) is 12.8. The van der Waals surface area contributed by atoms with E-state index >= 15 is 0 Å². The summed E-state index contributed by atoms with van der Waals surface area (Å²) in [7, 11) is 0. The summed E-state index contributed by atoms with van der Waals surface area (Å²) in [5.74, 6) is -1.36. The number of nitrogen functional groups attached to an aromatic ring is 1. The second-order valence-electron chi connectivity index (χ2n) is 2.16. The maximum Gasteiger partial charge on any atom is 0.311 e. The number of hydrogen-bond donors (Lipinski definition) is 2. The summed E-state index contributed by atoms with van der Waals surface area (Å²) in [5, 5.41) is 8.99. The number of carboxylic acid groups (broad SMARTS) is 1. The van der Waals surface area contributed by atoms with Crippen LogP contribution in [0.2, 0.25) is 0 Å². The first kappa shape index (κ1) is 8.00. The van der Waals surface area contributed by atoms with E-state index in [0.717, 1.165) is 0 Å². The number of nitrogens with zero attached hydrogens (tertiary/aromatic N) is 1. The van der Waals surface area contributed by atoms with Gasteiger partial charge in [-0.1, -0.05) is 0 Å². The van der Waals surface area contributed by atoms with Crippen molar-refractivity contribution in [2.45, 2.75) is 12.8 Å². The lowest BCUT2D eigenvalue weighted by atomic mass is 10.2. The highest BCUT2D eigenvalue weighted by atomic mass is 32.1. The molecule has 0 amide bonds. The van der Waals surface area contributed by atoms with Gasteiger partial charge in [0.25, 0.3) is 0 Å². The van der Waals surface area contributed by atoms with Crippen molar-refractivity contribution in [1.82, 2.24) is 4.98 Å². The maximum atomic E-state index is 10.4. The van der Waals surface area contributed by atoms with Crippen LogP contribution in [0.5, 0.6) is 0 Å². The molecule has 0 bridgehead atoms. The zero-order chi connectivity index (χ0) is 8.43. The summed E-state index contributed by atoms with van der Waals surface area (Å²) in [6, 6.07) is 0. The highest BCUT2D eigenvalue weighted by Gasteiger charge is 2.15. The third kappa shape index (κ3) is 1.68. The molecule has 0 saturated carbocycles. The molecule has 0 aliphatic heterocycles. The Hall–Kier alpha value is -1.10. The molecular formula is C6H8N2O2S. The van der Waals surface area contributed by atoms with Crippen molar-refractivity contribution in [1.29, 1.82) is 0 Å². The highest BCUT2D eigenvalue weighted by molar-refractivity contribution is 7.15. The monoisotopic (exact) mass is 172 g/mol. The molecule has 0 radical (unpaired) electrons. The van der Waals surface area contributed by atoms with E-state index in [9.17, 15) is 4.79 Å². The lowest BCUT2D eigenvalue weighted by Gasteiger charge is -1.98. The molecule has 0 saturated heterocycles. The summed E-state index contributed by atoms with van der Waals surface area (Å²) in [6.07, 6.45) is 1.50. The molecule has 60 valence electrons. The van der Waals surface area contributed by atoms with Crippen LogP contribution >= 0.6 is 11.3 Å². The van der Waals surface area contributed by atoms with E-state index in [-0.39, 0.29) is 0 Å². The summed E-state index contributed by atoms with van der Waals surface area (Å²) in [6.45, 7) is 1.61. The predicted molar refractivity (Wildman–Crippen MR) is 42.6 cm³/mol. The van der Waals surface area contributed by atoms with Gasteiger partial charge in [0.05, 0.1) is 5.92 Å².